The van der Waals surface area contributed by atoms with E-state index < -0.39 is 93.8 Å². The molecule has 0 saturated heterocycles. The maximum absolute atomic E-state index is 14.1. The Hall–Kier alpha value is -4.23. The summed E-state index contributed by atoms with van der Waals surface area (Å²) >= 11 is 0.786. The van der Waals surface area contributed by atoms with Crippen LogP contribution in [0.5, 0.6) is 5.75 Å². The number of likely N-dealkylation sites (N-methyl/N-ethyl adjacent to an activating group) is 1. The molecule has 2 aromatic rings. The van der Waals surface area contributed by atoms with Gasteiger partial charge in [-0.2, -0.15) is 8.78 Å². The molecule has 0 aliphatic carbocycles. The largest absolute Gasteiger partial charge is 0.455 e. The molecule has 10 nitrogen and oxygen atoms in total. The fraction of sp³-hybridized carbons (Fsp3) is 0.515. The van der Waals surface area contributed by atoms with Crippen molar-refractivity contribution in [1.82, 2.24) is 14.8 Å². The third-order valence-corrected chi connectivity index (χ3v) is 9.05. The second-order valence-electron chi connectivity index (χ2n) is 12.2. The van der Waals surface area contributed by atoms with Crippen LogP contribution in [-0.4, -0.2) is 77.5 Å². The third kappa shape index (κ3) is 9.48. The molecule has 0 aliphatic heterocycles. The average molecular weight is 715 g/mol. The van der Waals surface area contributed by atoms with E-state index >= 15 is 0 Å². The minimum atomic E-state index is -2.43. The van der Waals surface area contributed by atoms with Crippen molar-refractivity contribution < 1.29 is 50.6 Å². The number of aromatic nitrogens is 1. The van der Waals surface area contributed by atoms with Crippen LogP contribution < -0.4 is 4.74 Å². The molecule has 2 amide bonds. The molecule has 49 heavy (non-hydrogen) atoms. The molecule has 0 saturated carbocycles. The van der Waals surface area contributed by atoms with Gasteiger partial charge in [-0.3, -0.25) is 19.3 Å². The Kier molecular flexibility index (Phi) is 14.1. The zero-order valence-electron chi connectivity index (χ0n) is 28.6. The predicted octanol–water partition coefficient (Wildman–Crippen LogP) is 5.75. The molecule has 1 aromatic heterocycles. The van der Waals surface area contributed by atoms with Crippen molar-refractivity contribution in [1.29, 1.82) is 0 Å². The van der Waals surface area contributed by atoms with Gasteiger partial charge in [0.15, 0.2) is 11.8 Å². The van der Waals surface area contributed by atoms with Crippen molar-refractivity contribution in [3.63, 3.8) is 0 Å². The maximum Gasteiger partial charge on any atom is 0.363 e. The molecule has 0 bridgehead atoms. The normalized spacial score (nSPS) is 14.3. The average Bonchev–Trinajstić information content (AvgIpc) is 3.54. The van der Waals surface area contributed by atoms with Gasteiger partial charge in [0, 0.05) is 43.9 Å². The van der Waals surface area contributed by atoms with Gasteiger partial charge >= 0.3 is 11.9 Å². The number of halogens is 5. The molecule has 0 N–H and O–H groups in total. The molecule has 0 unspecified atom stereocenters. The highest BCUT2D eigenvalue weighted by molar-refractivity contribution is 7.09. The monoisotopic (exact) mass is 714 g/mol. The molecule has 0 fully saturated rings. The molecule has 4 atom stereocenters. The van der Waals surface area contributed by atoms with Crippen LogP contribution in [0.4, 0.5) is 22.0 Å². The van der Waals surface area contributed by atoms with Crippen LogP contribution in [0.1, 0.15) is 76.0 Å². The van der Waals surface area contributed by atoms with E-state index in [1.165, 1.54) is 18.2 Å². The molecule has 1 aromatic carbocycles. The Labute approximate surface area is 285 Å². The predicted molar refractivity (Wildman–Crippen MR) is 171 cm³/mol. The van der Waals surface area contributed by atoms with E-state index in [4.69, 9.17) is 11.2 Å². The lowest BCUT2D eigenvalue weighted by atomic mass is 9.88. The van der Waals surface area contributed by atoms with Crippen molar-refractivity contribution in [3.05, 3.63) is 45.2 Å². The van der Waals surface area contributed by atoms with Crippen molar-refractivity contribution in [2.75, 3.05) is 21.1 Å². The smallest absolute Gasteiger partial charge is 0.363 e. The van der Waals surface area contributed by atoms with E-state index in [0.717, 1.165) is 23.6 Å². The second-order valence-corrected chi connectivity index (χ2v) is 13.1. The number of nitrogens with zero attached hydrogens (tertiary/aromatic N) is 4. The van der Waals surface area contributed by atoms with Gasteiger partial charge in [0.25, 0.3) is 5.91 Å². The van der Waals surface area contributed by atoms with Gasteiger partial charge < -0.3 is 14.4 Å². The summed E-state index contributed by atoms with van der Waals surface area (Å²) in [4.78, 5) is 62.8. The van der Waals surface area contributed by atoms with Gasteiger partial charge in [-0.1, -0.05) is 20.8 Å². The van der Waals surface area contributed by atoms with Gasteiger partial charge in [0.2, 0.25) is 40.7 Å². The Morgan fingerprint density at radius 3 is 2.06 bits per heavy atom. The highest BCUT2D eigenvalue weighted by Crippen LogP contribution is 2.33. The highest BCUT2D eigenvalue weighted by Gasteiger charge is 2.36. The number of carbonyl (C=O) groups excluding carboxylic acids is 4. The molecule has 268 valence electrons. The Morgan fingerprint density at radius 1 is 1.04 bits per heavy atom. The first kappa shape index (κ1) is 40.9. The molecule has 2 rings (SSSR count). The first-order valence-corrected chi connectivity index (χ1v) is 15.9. The molecule has 0 spiro atoms. The topological polar surface area (TPSA) is 118 Å². The Balaban J connectivity index is 2.43. The SMILES string of the molecule is C#C[C@@H](CC)[C@H](/C=N/C(=O)C(C)(C)N(C)C)C(=O)N(C)[C@H](C[C@@H](OC(C)=O)c1nc(C(=O)Oc2c(F)c(F)c(F)c(F)c2F)cs1)C(C)C. The van der Waals surface area contributed by atoms with Gasteiger partial charge in [-0.15, -0.1) is 23.7 Å². The molecule has 16 heteroatoms. The van der Waals surface area contributed by atoms with Crippen molar-refractivity contribution >= 4 is 41.3 Å². The van der Waals surface area contributed by atoms with Crippen LogP contribution in [0.2, 0.25) is 0 Å². The molecular weight excluding hydrogens is 675 g/mol. The quantitative estimate of drug-likeness (QED) is 0.0462. The summed E-state index contributed by atoms with van der Waals surface area (Å²) in [7, 11) is 4.95. The number of hydrogen-bond acceptors (Lipinski definition) is 9. The number of ether oxygens (including phenoxy) is 2. The van der Waals surface area contributed by atoms with Crippen LogP contribution in [0.25, 0.3) is 0 Å². The second kappa shape index (κ2) is 16.9. The zero-order valence-corrected chi connectivity index (χ0v) is 29.4. The number of aliphatic imine (C=N–C) groups is 1. The minimum absolute atomic E-state index is 0.00995. The number of terminal acetylenes is 1. The Bertz CT molecular complexity index is 1610. The Morgan fingerprint density at radius 2 is 1.59 bits per heavy atom. The molecular formula is C33H39F5N4O6S. The summed E-state index contributed by atoms with van der Waals surface area (Å²) in [5.74, 6) is -16.1. The fourth-order valence-corrected chi connectivity index (χ4v) is 5.38. The van der Waals surface area contributed by atoms with E-state index in [2.05, 4.69) is 20.6 Å². The number of rotatable bonds is 14. The van der Waals surface area contributed by atoms with Crippen LogP contribution in [0, 0.1) is 59.2 Å². The lowest BCUT2D eigenvalue weighted by molar-refractivity contribution is -0.148. The maximum atomic E-state index is 14.1. The van der Waals surface area contributed by atoms with Gasteiger partial charge in [0.1, 0.15) is 5.01 Å². The summed E-state index contributed by atoms with van der Waals surface area (Å²) < 4.78 is 78.8. The number of benzene rings is 1. The van der Waals surface area contributed by atoms with E-state index in [-0.39, 0.29) is 17.3 Å². The number of thiazole rings is 1. The van der Waals surface area contributed by atoms with Crippen LogP contribution in [0.15, 0.2) is 10.4 Å². The van der Waals surface area contributed by atoms with Gasteiger partial charge in [0.05, 0.1) is 11.5 Å². The number of esters is 2. The third-order valence-electron chi connectivity index (χ3n) is 8.12. The van der Waals surface area contributed by atoms with Crippen LogP contribution >= 0.6 is 11.3 Å². The highest BCUT2D eigenvalue weighted by atomic mass is 32.1. The number of hydrogen-bond donors (Lipinski definition) is 0. The first-order chi connectivity index (χ1) is 22.7. The van der Waals surface area contributed by atoms with Crippen molar-refractivity contribution in [2.45, 2.75) is 72.1 Å². The molecule has 1 heterocycles. The summed E-state index contributed by atoms with van der Waals surface area (Å²) in [6.45, 7) is 9.88. The summed E-state index contributed by atoms with van der Waals surface area (Å²) in [6, 6.07) is -0.649. The number of carbonyl (C=O) groups is 4. The minimum Gasteiger partial charge on any atom is -0.455 e. The van der Waals surface area contributed by atoms with Crippen molar-refractivity contribution in [2.24, 2.45) is 22.7 Å². The van der Waals surface area contributed by atoms with E-state index in [1.807, 2.05) is 0 Å². The van der Waals surface area contributed by atoms with E-state index in [9.17, 15) is 41.1 Å². The lowest BCUT2D eigenvalue weighted by Crippen LogP contribution is -2.47. The summed E-state index contributed by atoms with van der Waals surface area (Å²) in [5.41, 5.74) is -1.54. The van der Waals surface area contributed by atoms with E-state index in [1.54, 1.807) is 53.6 Å². The van der Waals surface area contributed by atoms with Crippen LogP contribution in [0.3, 0.4) is 0 Å². The molecule has 0 radical (unpaired) electrons. The summed E-state index contributed by atoms with van der Waals surface area (Å²) in [5, 5.41) is 1.09. The first-order valence-electron chi connectivity index (χ1n) is 15.1. The summed E-state index contributed by atoms with van der Waals surface area (Å²) in [6.07, 6.45) is 6.18. The number of amides is 2. The van der Waals surface area contributed by atoms with Gasteiger partial charge in [-0.25, -0.2) is 27.9 Å². The zero-order chi connectivity index (χ0) is 37.5. The van der Waals surface area contributed by atoms with E-state index in [0.29, 0.717) is 6.42 Å². The van der Waals surface area contributed by atoms with Crippen molar-refractivity contribution in [3.8, 4) is 18.1 Å². The lowest BCUT2D eigenvalue weighted by Gasteiger charge is -2.35. The fourth-order valence-electron chi connectivity index (χ4n) is 4.56. The molecule has 0 aliphatic rings. The van der Waals surface area contributed by atoms with Crippen LogP contribution in [-0.2, 0) is 19.1 Å². The van der Waals surface area contributed by atoms with Gasteiger partial charge in [-0.05, 0) is 40.3 Å². The standard InChI is InChI=1S/C33H39F5N4O6S/c1-11-18(12-2)19(14-39-32(46)33(6,7)41(8)9)30(44)42(10)21(16(3)4)13-22(47-17(5)43)29-40-20(15-49-29)31(45)48-28-26(37)24(35)23(34)25(36)27(28)38/h1,14-16,18-19,21-22H,12-13H2,2-10H3/b39-14+/t18-,19-,21+,22+/m0/s1.